The van der Waals surface area contributed by atoms with E-state index >= 15 is 0 Å². The molecule has 148 valence electrons. The van der Waals surface area contributed by atoms with Crippen LogP contribution in [0.5, 0.6) is 0 Å². The van der Waals surface area contributed by atoms with E-state index in [9.17, 15) is 5.26 Å². The molecule has 2 aliphatic rings. The molecule has 2 heteroatoms. The summed E-state index contributed by atoms with van der Waals surface area (Å²) in [4.78, 5) is 2.33. The second-order valence-electron chi connectivity index (χ2n) is 8.95. The fraction of sp³-hybridized carbons (Fsp3) is 0.296. The van der Waals surface area contributed by atoms with E-state index in [0.717, 1.165) is 28.8 Å². The average Bonchev–Trinajstić information content (AvgIpc) is 2.67. The van der Waals surface area contributed by atoms with Crippen LogP contribution in [0.3, 0.4) is 0 Å². The van der Waals surface area contributed by atoms with Gasteiger partial charge in [-0.05, 0) is 65.7 Å². The van der Waals surface area contributed by atoms with Gasteiger partial charge in [-0.1, -0.05) is 58.7 Å². The lowest BCUT2D eigenvalue weighted by molar-refractivity contribution is 0.189. The van der Waals surface area contributed by atoms with Gasteiger partial charge < -0.3 is 4.90 Å². The standard InChI is InChI=1S/C27H30N2/c1-9-20(10-2)22-13-21-14-26(27(6,7)8)29-16-24(19(5)15-28)18(4)12-25(29)23(21)11-17(22)3/h9-13,16,26H,1,4-5,14H2,2-3,6-8H3/b20-10+. The van der Waals surface area contributed by atoms with Crippen molar-refractivity contribution in [2.45, 2.75) is 47.1 Å². The van der Waals surface area contributed by atoms with Gasteiger partial charge in [-0.25, -0.2) is 0 Å². The third kappa shape index (κ3) is 3.54. The molecule has 0 saturated heterocycles. The van der Waals surface area contributed by atoms with Crippen molar-refractivity contribution >= 4 is 11.3 Å². The monoisotopic (exact) mass is 382 g/mol. The van der Waals surface area contributed by atoms with Crippen molar-refractivity contribution in [1.82, 2.24) is 4.90 Å². The Balaban J connectivity index is 2.23. The summed E-state index contributed by atoms with van der Waals surface area (Å²) in [5.41, 5.74) is 9.55. The first-order valence-electron chi connectivity index (χ1n) is 10.1. The zero-order valence-corrected chi connectivity index (χ0v) is 18.3. The van der Waals surface area contributed by atoms with Gasteiger partial charge >= 0.3 is 0 Å². The van der Waals surface area contributed by atoms with Crippen LogP contribution in [0, 0.1) is 23.7 Å². The highest BCUT2D eigenvalue weighted by molar-refractivity contribution is 5.82. The zero-order chi connectivity index (χ0) is 21.5. The molecule has 0 saturated carbocycles. The predicted octanol–water partition coefficient (Wildman–Crippen LogP) is 6.73. The minimum atomic E-state index is 0.0535. The zero-order valence-electron chi connectivity index (χ0n) is 18.3. The fourth-order valence-corrected chi connectivity index (χ4v) is 4.30. The maximum Gasteiger partial charge on any atom is 0.0992 e. The first-order chi connectivity index (χ1) is 13.6. The van der Waals surface area contributed by atoms with E-state index in [2.05, 4.69) is 95.8 Å². The number of allylic oxidation sites excluding steroid dienone is 7. The lowest BCUT2D eigenvalue weighted by Gasteiger charge is -2.47. The van der Waals surface area contributed by atoms with Crippen LogP contribution in [0.2, 0.25) is 0 Å². The van der Waals surface area contributed by atoms with Gasteiger partial charge in [0, 0.05) is 29.1 Å². The molecule has 1 aromatic rings. The molecule has 0 spiro atoms. The van der Waals surface area contributed by atoms with Gasteiger partial charge in [0.2, 0.25) is 0 Å². The summed E-state index contributed by atoms with van der Waals surface area (Å²) in [6.45, 7) is 23.1. The molecule has 1 aromatic carbocycles. The molecule has 0 radical (unpaired) electrons. The Labute approximate surface area is 175 Å². The van der Waals surface area contributed by atoms with Crippen molar-refractivity contribution < 1.29 is 0 Å². The molecular weight excluding hydrogens is 352 g/mol. The van der Waals surface area contributed by atoms with Crippen molar-refractivity contribution in [3.8, 4) is 6.07 Å². The number of aryl methyl sites for hydroxylation is 1. The molecule has 0 amide bonds. The lowest BCUT2D eigenvalue weighted by atomic mass is 9.75. The normalized spacial score (nSPS) is 18.9. The number of nitrogens with zero attached hydrogens (tertiary/aromatic N) is 2. The highest BCUT2D eigenvalue weighted by Crippen LogP contribution is 2.44. The Kier molecular flexibility index (Phi) is 5.28. The predicted molar refractivity (Wildman–Crippen MR) is 124 cm³/mol. The molecule has 0 aromatic heterocycles. The van der Waals surface area contributed by atoms with Crippen molar-refractivity contribution in [1.29, 1.82) is 5.26 Å². The lowest BCUT2D eigenvalue weighted by Crippen LogP contribution is -2.45. The number of benzene rings is 1. The van der Waals surface area contributed by atoms with Crippen molar-refractivity contribution in [3.63, 3.8) is 0 Å². The third-order valence-electron chi connectivity index (χ3n) is 5.98. The van der Waals surface area contributed by atoms with Gasteiger partial charge in [0.05, 0.1) is 11.6 Å². The van der Waals surface area contributed by atoms with Gasteiger partial charge in [-0.15, -0.1) is 0 Å². The van der Waals surface area contributed by atoms with Crippen molar-refractivity contribution in [3.05, 3.63) is 95.3 Å². The molecule has 2 aliphatic heterocycles. The maximum atomic E-state index is 9.37. The molecule has 0 bridgehead atoms. The van der Waals surface area contributed by atoms with E-state index in [1.807, 2.05) is 6.08 Å². The first kappa shape index (κ1) is 20.7. The fourth-order valence-electron chi connectivity index (χ4n) is 4.30. The number of rotatable bonds is 3. The Bertz CT molecular complexity index is 1050. The minimum absolute atomic E-state index is 0.0535. The van der Waals surface area contributed by atoms with E-state index in [1.54, 1.807) is 0 Å². The average molecular weight is 383 g/mol. The molecule has 2 heterocycles. The Morgan fingerprint density at radius 2 is 2.00 bits per heavy atom. The number of hydrogen-bond acceptors (Lipinski definition) is 2. The van der Waals surface area contributed by atoms with Gasteiger partial charge in [0.25, 0.3) is 0 Å². The minimum Gasteiger partial charge on any atom is -0.343 e. The number of nitriles is 1. The van der Waals surface area contributed by atoms with Crippen molar-refractivity contribution in [2.75, 3.05) is 0 Å². The van der Waals surface area contributed by atoms with E-state index in [-0.39, 0.29) is 11.5 Å². The van der Waals surface area contributed by atoms with Crippen LogP contribution >= 0.6 is 0 Å². The summed E-state index contributed by atoms with van der Waals surface area (Å²) < 4.78 is 0. The second-order valence-corrected chi connectivity index (χ2v) is 8.95. The molecule has 3 rings (SSSR count). The Morgan fingerprint density at radius 1 is 1.31 bits per heavy atom. The topological polar surface area (TPSA) is 27.0 Å². The Morgan fingerprint density at radius 3 is 2.55 bits per heavy atom. The van der Waals surface area contributed by atoms with E-state index < -0.39 is 0 Å². The van der Waals surface area contributed by atoms with Crippen LogP contribution in [0.4, 0.5) is 0 Å². The maximum absolute atomic E-state index is 9.37. The summed E-state index contributed by atoms with van der Waals surface area (Å²) in [5, 5.41) is 9.37. The van der Waals surface area contributed by atoms with Gasteiger partial charge in [0.15, 0.2) is 0 Å². The third-order valence-corrected chi connectivity index (χ3v) is 5.98. The first-order valence-corrected chi connectivity index (χ1v) is 10.1. The number of fused-ring (bicyclic) bond motifs is 3. The van der Waals surface area contributed by atoms with E-state index in [0.29, 0.717) is 5.57 Å². The van der Waals surface area contributed by atoms with Gasteiger partial charge in [-0.2, -0.15) is 5.26 Å². The van der Waals surface area contributed by atoms with E-state index in [1.165, 1.54) is 22.3 Å². The second kappa shape index (κ2) is 7.41. The molecule has 0 N–H and O–H groups in total. The van der Waals surface area contributed by atoms with Crippen LogP contribution in [-0.4, -0.2) is 10.9 Å². The van der Waals surface area contributed by atoms with Crippen LogP contribution in [0.15, 0.2) is 73.0 Å². The SMILES string of the molecule is C=C/C(=C\C)c1cc2c(cc1C)C1=CC(=C)C(C(=C)C#N)=CN1C(C(C)(C)C)C2. The quantitative estimate of drug-likeness (QED) is 0.428. The van der Waals surface area contributed by atoms with Crippen LogP contribution in [0.25, 0.3) is 11.3 Å². The molecule has 1 unspecified atom stereocenters. The van der Waals surface area contributed by atoms with Crippen molar-refractivity contribution in [2.24, 2.45) is 5.41 Å². The number of hydrogen-bond donors (Lipinski definition) is 0. The Hall–Kier alpha value is -3.05. The smallest absolute Gasteiger partial charge is 0.0992 e. The summed E-state index contributed by atoms with van der Waals surface area (Å²) in [7, 11) is 0. The van der Waals surface area contributed by atoms with Crippen LogP contribution in [-0.2, 0) is 6.42 Å². The summed E-state index contributed by atoms with van der Waals surface area (Å²) >= 11 is 0. The highest BCUT2D eigenvalue weighted by Gasteiger charge is 2.38. The molecule has 1 atom stereocenters. The summed E-state index contributed by atoms with van der Waals surface area (Å²) in [6, 6.07) is 7.05. The highest BCUT2D eigenvalue weighted by atomic mass is 15.2. The largest absolute Gasteiger partial charge is 0.343 e. The van der Waals surface area contributed by atoms with Crippen LogP contribution in [0.1, 0.15) is 49.9 Å². The molecule has 0 aliphatic carbocycles. The molecule has 2 nitrogen and oxygen atoms in total. The molecular formula is C27H30N2. The van der Waals surface area contributed by atoms with Crippen LogP contribution < -0.4 is 0 Å². The molecule has 0 fully saturated rings. The van der Waals surface area contributed by atoms with Gasteiger partial charge in [-0.3, -0.25) is 0 Å². The molecule has 29 heavy (non-hydrogen) atoms. The van der Waals surface area contributed by atoms with Gasteiger partial charge in [0.1, 0.15) is 0 Å². The summed E-state index contributed by atoms with van der Waals surface area (Å²) in [6.07, 6.45) is 9.16. The van der Waals surface area contributed by atoms with E-state index in [4.69, 9.17) is 0 Å². The summed E-state index contributed by atoms with van der Waals surface area (Å²) in [5.74, 6) is 0.